The molecule has 0 aliphatic heterocycles. The van der Waals surface area contributed by atoms with Crippen molar-refractivity contribution in [3.05, 3.63) is 28.2 Å². The molecule has 0 atom stereocenters. The van der Waals surface area contributed by atoms with E-state index in [1.54, 1.807) is 7.11 Å². The fraction of sp³-hybridized carbons (Fsp3) is 0.455. The Balaban J connectivity index is 2.42. The van der Waals surface area contributed by atoms with Gasteiger partial charge in [0.1, 0.15) is 5.75 Å². The van der Waals surface area contributed by atoms with Crippen LogP contribution in [0.15, 0.2) is 22.7 Å². The summed E-state index contributed by atoms with van der Waals surface area (Å²) in [4.78, 5) is 4.80. The second-order valence-corrected chi connectivity index (χ2v) is 4.76. The first-order chi connectivity index (χ1) is 7.23. The quantitative estimate of drug-likeness (QED) is 0.856. The minimum atomic E-state index is 0.0557. The van der Waals surface area contributed by atoms with Gasteiger partial charge in [-0.3, -0.25) is 0 Å². The van der Waals surface area contributed by atoms with Gasteiger partial charge in [-0.2, -0.15) is 0 Å². The summed E-state index contributed by atoms with van der Waals surface area (Å²) in [6, 6.07) is 5.96. The molecule has 1 aliphatic rings. The zero-order valence-corrected chi connectivity index (χ0v) is 10.2. The first-order valence-corrected chi connectivity index (χ1v) is 5.67. The van der Waals surface area contributed by atoms with E-state index in [1.807, 2.05) is 18.2 Å². The number of methoxy groups -OCH3 is 1. The maximum Gasteiger partial charge on any atom is 0.123 e. The van der Waals surface area contributed by atoms with Gasteiger partial charge < -0.3 is 9.57 Å². The lowest BCUT2D eigenvalue weighted by Crippen LogP contribution is -2.19. The van der Waals surface area contributed by atoms with Crippen LogP contribution in [0.3, 0.4) is 0 Å². The topological polar surface area (TPSA) is 44.5 Å². The molecule has 1 saturated carbocycles. The Labute approximate surface area is 97.6 Å². The van der Waals surface area contributed by atoms with Gasteiger partial charge in [-0.15, -0.1) is 0 Å². The molecule has 0 heterocycles. The first kappa shape index (κ1) is 10.9. The first-order valence-electron chi connectivity index (χ1n) is 4.88. The highest BCUT2D eigenvalue weighted by Crippen LogP contribution is 2.53. The molecule has 1 fully saturated rings. The Morgan fingerprint density at radius 2 is 2.20 bits per heavy atom. The standard InChI is InChI=1S/C11H14BrNO2/c1-14-9-4-2-3-8(12)10(9)11(5-6-11)7-15-13/h2-4H,5-7,13H2,1H3. The molecule has 1 aromatic carbocycles. The Morgan fingerprint density at radius 3 is 2.73 bits per heavy atom. The van der Waals surface area contributed by atoms with Gasteiger partial charge in [0.25, 0.3) is 0 Å². The normalized spacial score (nSPS) is 17.5. The minimum absolute atomic E-state index is 0.0557. The Kier molecular flexibility index (Phi) is 3.00. The third-order valence-corrected chi connectivity index (χ3v) is 3.60. The van der Waals surface area contributed by atoms with Crippen LogP contribution in [0, 0.1) is 0 Å². The Hall–Kier alpha value is -0.580. The van der Waals surface area contributed by atoms with E-state index >= 15 is 0 Å². The van der Waals surface area contributed by atoms with Crippen LogP contribution in [0.1, 0.15) is 18.4 Å². The van der Waals surface area contributed by atoms with Crippen LogP contribution in [-0.4, -0.2) is 13.7 Å². The van der Waals surface area contributed by atoms with Crippen molar-refractivity contribution in [1.82, 2.24) is 0 Å². The third kappa shape index (κ3) is 1.89. The van der Waals surface area contributed by atoms with Crippen molar-refractivity contribution in [3.63, 3.8) is 0 Å². The van der Waals surface area contributed by atoms with E-state index in [0.29, 0.717) is 6.61 Å². The molecular formula is C11H14BrNO2. The highest BCUT2D eigenvalue weighted by molar-refractivity contribution is 9.10. The van der Waals surface area contributed by atoms with Crippen LogP contribution < -0.4 is 10.6 Å². The van der Waals surface area contributed by atoms with E-state index in [-0.39, 0.29) is 5.41 Å². The van der Waals surface area contributed by atoms with Crippen molar-refractivity contribution in [2.24, 2.45) is 5.90 Å². The third-order valence-electron chi connectivity index (χ3n) is 2.94. The van der Waals surface area contributed by atoms with Gasteiger partial charge in [-0.1, -0.05) is 22.0 Å². The van der Waals surface area contributed by atoms with E-state index < -0.39 is 0 Å². The van der Waals surface area contributed by atoms with E-state index in [4.69, 9.17) is 15.5 Å². The molecule has 4 heteroatoms. The molecule has 0 saturated heterocycles. The van der Waals surface area contributed by atoms with Crippen molar-refractivity contribution >= 4 is 15.9 Å². The fourth-order valence-electron chi connectivity index (χ4n) is 1.97. The predicted octanol–water partition coefficient (Wildman–Crippen LogP) is 2.38. The minimum Gasteiger partial charge on any atom is -0.496 e. The molecule has 0 radical (unpaired) electrons. The summed E-state index contributed by atoms with van der Waals surface area (Å²) in [5, 5.41) is 0. The van der Waals surface area contributed by atoms with Gasteiger partial charge in [0.2, 0.25) is 0 Å². The lowest BCUT2D eigenvalue weighted by Gasteiger charge is -2.19. The Morgan fingerprint density at radius 1 is 1.47 bits per heavy atom. The molecule has 2 N–H and O–H groups in total. The summed E-state index contributed by atoms with van der Waals surface area (Å²) < 4.78 is 6.44. The van der Waals surface area contributed by atoms with Gasteiger partial charge in [-0.25, -0.2) is 5.90 Å². The van der Waals surface area contributed by atoms with Crippen LogP contribution in [0.5, 0.6) is 5.75 Å². The lowest BCUT2D eigenvalue weighted by molar-refractivity contribution is 0.115. The largest absolute Gasteiger partial charge is 0.496 e. The van der Waals surface area contributed by atoms with Gasteiger partial charge >= 0.3 is 0 Å². The number of hydrogen-bond donors (Lipinski definition) is 1. The zero-order chi connectivity index (χ0) is 10.9. The molecule has 0 aromatic heterocycles. The molecule has 3 nitrogen and oxygen atoms in total. The summed E-state index contributed by atoms with van der Waals surface area (Å²) in [6.07, 6.45) is 2.20. The average Bonchev–Trinajstić information content (AvgIpc) is 2.98. The molecule has 2 rings (SSSR count). The smallest absolute Gasteiger partial charge is 0.123 e. The van der Waals surface area contributed by atoms with Crippen molar-refractivity contribution < 1.29 is 9.57 Å². The van der Waals surface area contributed by atoms with Crippen LogP contribution in [-0.2, 0) is 10.3 Å². The van der Waals surface area contributed by atoms with E-state index in [9.17, 15) is 0 Å². The molecule has 0 amide bonds. The molecule has 0 unspecified atom stereocenters. The number of ether oxygens (including phenoxy) is 1. The van der Waals surface area contributed by atoms with Crippen LogP contribution in [0.25, 0.3) is 0 Å². The van der Waals surface area contributed by atoms with Crippen LogP contribution in [0.2, 0.25) is 0 Å². The number of halogens is 1. The fourth-order valence-corrected chi connectivity index (χ4v) is 2.73. The molecule has 0 spiro atoms. The highest BCUT2D eigenvalue weighted by Gasteiger charge is 2.47. The van der Waals surface area contributed by atoms with E-state index in [1.165, 1.54) is 5.56 Å². The monoisotopic (exact) mass is 271 g/mol. The molecule has 82 valence electrons. The molecular weight excluding hydrogens is 258 g/mol. The van der Waals surface area contributed by atoms with Gasteiger partial charge in [0, 0.05) is 15.5 Å². The second-order valence-electron chi connectivity index (χ2n) is 3.91. The highest BCUT2D eigenvalue weighted by atomic mass is 79.9. The molecule has 15 heavy (non-hydrogen) atoms. The predicted molar refractivity (Wildman–Crippen MR) is 61.7 cm³/mol. The summed E-state index contributed by atoms with van der Waals surface area (Å²) in [5.74, 6) is 6.08. The maximum absolute atomic E-state index is 5.37. The molecule has 1 aromatic rings. The maximum atomic E-state index is 5.37. The number of nitrogens with two attached hydrogens (primary N) is 1. The Bertz CT molecular complexity index is 364. The lowest BCUT2D eigenvalue weighted by atomic mass is 9.96. The summed E-state index contributed by atoms with van der Waals surface area (Å²) in [5.41, 5.74) is 1.23. The molecule has 1 aliphatic carbocycles. The van der Waals surface area contributed by atoms with Crippen molar-refractivity contribution in [1.29, 1.82) is 0 Å². The average molecular weight is 272 g/mol. The van der Waals surface area contributed by atoms with Gasteiger partial charge in [0.05, 0.1) is 13.7 Å². The van der Waals surface area contributed by atoms with Crippen LogP contribution >= 0.6 is 15.9 Å². The number of benzene rings is 1. The summed E-state index contributed by atoms with van der Waals surface area (Å²) in [7, 11) is 1.69. The molecule has 0 bridgehead atoms. The number of rotatable bonds is 4. The summed E-state index contributed by atoms with van der Waals surface area (Å²) in [6.45, 7) is 0.548. The zero-order valence-electron chi connectivity index (χ0n) is 8.63. The number of hydrogen-bond acceptors (Lipinski definition) is 3. The summed E-state index contributed by atoms with van der Waals surface area (Å²) >= 11 is 3.56. The second kappa shape index (κ2) is 4.12. The van der Waals surface area contributed by atoms with Gasteiger partial charge in [0.15, 0.2) is 0 Å². The van der Waals surface area contributed by atoms with Crippen molar-refractivity contribution in [3.8, 4) is 5.75 Å². The van der Waals surface area contributed by atoms with E-state index in [0.717, 1.165) is 23.1 Å². The van der Waals surface area contributed by atoms with Crippen LogP contribution in [0.4, 0.5) is 0 Å². The van der Waals surface area contributed by atoms with Crippen molar-refractivity contribution in [2.45, 2.75) is 18.3 Å². The SMILES string of the molecule is COc1cccc(Br)c1C1(CON)CC1. The van der Waals surface area contributed by atoms with Crippen molar-refractivity contribution in [2.75, 3.05) is 13.7 Å². The van der Waals surface area contributed by atoms with Gasteiger partial charge in [-0.05, 0) is 25.0 Å². The van der Waals surface area contributed by atoms with E-state index in [2.05, 4.69) is 15.9 Å².